The van der Waals surface area contributed by atoms with Crippen LogP contribution in [-0.4, -0.2) is 87.4 Å². The SMILES string of the molecule is COC1CCN([C@@H]2[C@@H](O)[C@H](Oc3ccccc3)C[C@H]2NS(=O)(=O)N(C)C)CC1. The molecule has 28 heavy (non-hydrogen) atoms. The number of ether oxygens (including phenoxy) is 2. The fourth-order valence-corrected chi connectivity index (χ4v) is 4.90. The summed E-state index contributed by atoms with van der Waals surface area (Å²) in [6.45, 7) is 1.50. The van der Waals surface area contributed by atoms with Crippen LogP contribution >= 0.6 is 0 Å². The summed E-state index contributed by atoms with van der Waals surface area (Å²) in [6, 6.07) is 8.53. The summed E-state index contributed by atoms with van der Waals surface area (Å²) >= 11 is 0. The first-order valence-corrected chi connectivity index (χ1v) is 11.1. The molecule has 0 unspecified atom stereocenters. The maximum atomic E-state index is 12.4. The van der Waals surface area contributed by atoms with Crippen molar-refractivity contribution in [2.45, 2.75) is 49.7 Å². The normalized spacial score (nSPS) is 30.0. The van der Waals surface area contributed by atoms with Crippen LogP contribution in [0, 0.1) is 0 Å². The standard InChI is InChI=1S/C19H31N3O5S/c1-21(2)28(24,25)20-16-13-17(27-15-7-5-4-6-8-15)19(23)18(16)22-11-9-14(26-3)10-12-22/h4-8,14,16-20,23H,9-13H2,1-3H3/t16-,17-,18+,19+/m1/s1. The molecule has 1 aromatic rings. The molecule has 0 radical (unpaired) electrons. The zero-order valence-electron chi connectivity index (χ0n) is 16.7. The van der Waals surface area contributed by atoms with E-state index in [1.165, 1.54) is 14.1 Å². The summed E-state index contributed by atoms with van der Waals surface area (Å²) < 4.78 is 40.2. The number of aliphatic hydroxyl groups is 1. The lowest BCUT2D eigenvalue weighted by molar-refractivity contribution is -0.0221. The van der Waals surface area contributed by atoms with Crippen molar-refractivity contribution in [3.05, 3.63) is 30.3 Å². The number of para-hydroxylation sites is 1. The molecule has 3 rings (SSSR count). The third kappa shape index (κ3) is 4.84. The fraction of sp³-hybridized carbons (Fsp3) is 0.684. The molecule has 1 aliphatic heterocycles. The summed E-state index contributed by atoms with van der Waals surface area (Å²) in [5.41, 5.74) is 0. The van der Waals surface area contributed by atoms with Crippen molar-refractivity contribution in [3.8, 4) is 5.75 Å². The third-order valence-electron chi connectivity index (χ3n) is 5.67. The Labute approximate surface area is 167 Å². The van der Waals surface area contributed by atoms with Gasteiger partial charge < -0.3 is 14.6 Å². The van der Waals surface area contributed by atoms with Gasteiger partial charge in [0.1, 0.15) is 18.0 Å². The van der Waals surface area contributed by atoms with Gasteiger partial charge in [0.05, 0.1) is 12.1 Å². The van der Waals surface area contributed by atoms with Gasteiger partial charge in [0.25, 0.3) is 10.2 Å². The quantitative estimate of drug-likeness (QED) is 0.674. The number of piperidine rings is 1. The largest absolute Gasteiger partial charge is 0.488 e. The van der Waals surface area contributed by atoms with Gasteiger partial charge in [-0.05, 0) is 25.0 Å². The lowest BCUT2D eigenvalue weighted by Crippen LogP contribution is -2.57. The summed E-state index contributed by atoms with van der Waals surface area (Å²) in [7, 11) is 1.07. The zero-order valence-corrected chi connectivity index (χ0v) is 17.5. The molecule has 4 atom stereocenters. The maximum Gasteiger partial charge on any atom is 0.279 e. The van der Waals surface area contributed by atoms with Crippen LogP contribution in [0.5, 0.6) is 5.75 Å². The van der Waals surface area contributed by atoms with Crippen molar-refractivity contribution in [2.24, 2.45) is 0 Å². The predicted molar refractivity (Wildman–Crippen MR) is 106 cm³/mol. The second-order valence-corrected chi connectivity index (χ2v) is 9.59. The van der Waals surface area contributed by atoms with Crippen LogP contribution in [0.1, 0.15) is 19.3 Å². The van der Waals surface area contributed by atoms with Crippen molar-refractivity contribution >= 4 is 10.2 Å². The van der Waals surface area contributed by atoms with E-state index in [0.717, 1.165) is 30.2 Å². The monoisotopic (exact) mass is 413 g/mol. The number of nitrogens with zero attached hydrogens (tertiary/aromatic N) is 2. The van der Waals surface area contributed by atoms with Crippen LogP contribution in [0.4, 0.5) is 0 Å². The van der Waals surface area contributed by atoms with Crippen LogP contribution in [0.3, 0.4) is 0 Å². The average Bonchev–Trinajstić information content (AvgIpc) is 2.97. The highest BCUT2D eigenvalue weighted by molar-refractivity contribution is 7.87. The number of hydrogen-bond acceptors (Lipinski definition) is 6. The molecule has 2 aliphatic rings. The van der Waals surface area contributed by atoms with E-state index in [2.05, 4.69) is 9.62 Å². The van der Waals surface area contributed by atoms with Gasteiger partial charge in [-0.25, -0.2) is 0 Å². The molecule has 1 heterocycles. The van der Waals surface area contributed by atoms with E-state index >= 15 is 0 Å². The van der Waals surface area contributed by atoms with Gasteiger partial charge in [-0.1, -0.05) is 18.2 Å². The highest BCUT2D eigenvalue weighted by Gasteiger charge is 2.48. The Morgan fingerprint density at radius 1 is 1.18 bits per heavy atom. The molecule has 2 fully saturated rings. The molecule has 0 amide bonds. The number of aliphatic hydroxyl groups excluding tert-OH is 1. The van der Waals surface area contributed by atoms with E-state index in [0.29, 0.717) is 12.2 Å². The lowest BCUT2D eigenvalue weighted by atomic mass is 10.0. The summed E-state index contributed by atoms with van der Waals surface area (Å²) in [4.78, 5) is 2.16. The van der Waals surface area contributed by atoms with Gasteiger partial charge in [0.2, 0.25) is 0 Å². The van der Waals surface area contributed by atoms with E-state index in [1.807, 2.05) is 30.3 Å². The van der Waals surface area contributed by atoms with E-state index in [-0.39, 0.29) is 12.1 Å². The Morgan fingerprint density at radius 3 is 2.39 bits per heavy atom. The smallest absolute Gasteiger partial charge is 0.279 e. The minimum atomic E-state index is -3.62. The number of benzene rings is 1. The molecule has 158 valence electrons. The zero-order chi connectivity index (χ0) is 20.3. The predicted octanol–water partition coefficient (Wildman–Crippen LogP) is 0.443. The van der Waals surface area contributed by atoms with Crippen molar-refractivity contribution in [3.63, 3.8) is 0 Å². The first kappa shape index (κ1) is 21.5. The van der Waals surface area contributed by atoms with Crippen LogP contribution < -0.4 is 9.46 Å². The van der Waals surface area contributed by atoms with Gasteiger partial charge in [-0.15, -0.1) is 0 Å². The number of likely N-dealkylation sites (tertiary alicyclic amines) is 1. The Morgan fingerprint density at radius 2 is 1.82 bits per heavy atom. The van der Waals surface area contributed by atoms with Crippen molar-refractivity contribution in [2.75, 3.05) is 34.3 Å². The van der Waals surface area contributed by atoms with E-state index < -0.39 is 28.5 Å². The van der Waals surface area contributed by atoms with Crippen molar-refractivity contribution in [1.29, 1.82) is 0 Å². The summed E-state index contributed by atoms with van der Waals surface area (Å²) in [5.74, 6) is 0.666. The first-order valence-electron chi connectivity index (χ1n) is 9.68. The van der Waals surface area contributed by atoms with Gasteiger partial charge in [0.15, 0.2) is 0 Å². The van der Waals surface area contributed by atoms with Crippen LogP contribution in [0.2, 0.25) is 0 Å². The molecule has 1 aliphatic carbocycles. The van der Waals surface area contributed by atoms with Crippen LogP contribution in [-0.2, 0) is 14.9 Å². The van der Waals surface area contributed by atoms with Gasteiger partial charge in [-0.2, -0.15) is 17.4 Å². The number of rotatable bonds is 7. The Hall–Kier alpha value is -1.23. The van der Waals surface area contributed by atoms with Crippen molar-refractivity contribution in [1.82, 2.24) is 13.9 Å². The molecule has 1 saturated carbocycles. The number of nitrogens with one attached hydrogen (secondary N) is 1. The number of methoxy groups -OCH3 is 1. The second-order valence-electron chi connectivity index (χ2n) is 7.67. The molecule has 0 spiro atoms. The average molecular weight is 414 g/mol. The van der Waals surface area contributed by atoms with Crippen LogP contribution in [0.25, 0.3) is 0 Å². The first-order chi connectivity index (χ1) is 13.3. The lowest BCUT2D eigenvalue weighted by Gasteiger charge is -2.39. The maximum absolute atomic E-state index is 12.4. The molecule has 2 N–H and O–H groups in total. The Kier molecular flexibility index (Phi) is 6.95. The highest BCUT2D eigenvalue weighted by Crippen LogP contribution is 2.31. The molecular formula is C19H31N3O5S. The minimum Gasteiger partial charge on any atom is -0.488 e. The third-order valence-corrected chi connectivity index (χ3v) is 7.23. The van der Waals surface area contributed by atoms with Crippen molar-refractivity contribution < 1.29 is 23.0 Å². The number of hydrogen-bond donors (Lipinski definition) is 2. The summed E-state index contributed by atoms with van der Waals surface area (Å²) in [6.07, 6.45) is 1.05. The van der Waals surface area contributed by atoms with E-state index in [9.17, 15) is 13.5 Å². The molecule has 8 nitrogen and oxygen atoms in total. The van der Waals surface area contributed by atoms with Gasteiger partial charge in [0, 0.05) is 46.8 Å². The highest BCUT2D eigenvalue weighted by atomic mass is 32.2. The summed E-state index contributed by atoms with van der Waals surface area (Å²) in [5, 5.41) is 11.0. The Balaban J connectivity index is 1.78. The Bertz CT molecular complexity index is 722. The minimum absolute atomic E-state index is 0.211. The second kappa shape index (κ2) is 9.06. The molecule has 0 aromatic heterocycles. The molecule has 0 bridgehead atoms. The van der Waals surface area contributed by atoms with Crippen LogP contribution in [0.15, 0.2) is 30.3 Å². The van der Waals surface area contributed by atoms with Gasteiger partial charge in [-0.3, -0.25) is 4.90 Å². The molecule has 9 heteroatoms. The molecular weight excluding hydrogens is 382 g/mol. The molecule has 1 saturated heterocycles. The van der Waals surface area contributed by atoms with E-state index in [4.69, 9.17) is 9.47 Å². The topological polar surface area (TPSA) is 91.3 Å². The molecule has 1 aromatic carbocycles. The fourth-order valence-electron chi connectivity index (χ4n) is 4.07. The van der Waals surface area contributed by atoms with Gasteiger partial charge >= 0.3 is 0 Å². The van der Waals surface area contributed by atoms with E-state index in [1.54, 1.807) is 7.11 Å².